The molecule has 0 bridgehead atoms. The summed E-state index contributed by atoms with van der Waals surface area (Å²) in [6, 6.07) is 18.1. The number of thiazole rings is 1. The Balaban J connectivity index is 1.59. The highest BCUT2D eigenvalue weighted by Crippen LogP contribution is 2.31. The maximum atomic E-state index is 13.8. The fraction of sp³-hybridized carbons (Fsp3) is 0.250. The van der Waals surface area contributed by atoms with Crippen molar-refractivity contribution in [1.29, 1.82) is 0 Å². The van der Waals surface area contributed by atoms with Gasteiger partial charge in [0.1, 0.15) is 11.5 Å². The highest BCUT2D eigenvalue weighted by Gasteiger charge is 2.33. The van der Waals surface area contributed by atoms with Gasteiger partial charge in [0.05, 0.1) is 28.5 Å². The van der Waals surface area contributed by atoms with E-state index >= 15 is 0 Å². The third-order valence-electron chi connectivity index (χ3n) is 6.91. The molecule has 0 N–H and O–H groups in total. The first-order chi connectivity index (χ1) is 19.2. The number of esters is 1. The number of furan rings is 1. The first-order valence-corrected chi connectivity index (χ1v) is 14.0. The van der Waals surface area contributed by atoms with Crippen molar-refractivity contribution < 1.29 is 18.7 Å². The van der Waals surface area contributed by atoms with Crippen molar-refractivity contribution in [3.63, 3.8) is 0 Å². The zero-order valence-electron chi connectivity index (χ0n) is 23.1. The molecule has 0 aliphatic carbocycles. The molecule has 0 radical (unpaired) electrons. The summed E-state index contributed by atoms with van der Waals surface area (Å²) in [5.41, 5.74) is 4.04. The molecule has 0 fully saturated rings. The van der Waals surface area contributed by atoms with E-state index in [1.54, 1.807) is 42.7 Å². The summed E-state index contributed by atoms with van der Waals surface area (Å²) in [6.07, 6.45) is 1.69. The van der Waals surface area contributed by atoms with Crippen molar-refractivity contribution in [1.82, 2.24) is 4.57 Å². The molecule has 0 amide bonds. The van der Waals surface area contributed by atoms with Crippen molar-refractivity contribution >= 4 is 29.2 Å². The van der Waals surface area contributed by atoms with Gasteiger partial charge in [-0.25, -0.2) is 9.79 Å². The Hall–Kier alpha value is -4.30. The predicted octanol–water partition coefficient (Wildman–Crippen LogP) is 5.38. The maximum absolute atomic E-state index is 13.8. The van der Waals surface area contributed by atoms with Crippen LogP contribution in [0.2, 0.25) is 0 Å². The van der Waals surface area contributed by atoms with Crippen LogP contribution >= 0.6 is 11.3 Å². The van der Waals surface area contributed by atoms with E-state index in [1.165, 1.54) is 23.8 Å². The van der Waals surface area contributed by atoms with Gasteiger partial charge in [-0.2, -0.15) is 0 Å². The van der Waals surface area contributed by atoms with E-state index in [2.05, 4.69) is 18.8 Å². The number of hydrogen-bond donors (Lipinski definition) is 0. The number of ether oxygens (including phenoxy) is 1. The lowest BCUT2D eigenvalue weighted by Crippen LogP contribution is -2.39. The number of benzene rings is 2. The number of nitrogens with zero attached hydrogens (tertiary/aromatic N) is 2. The van der Waals surface area contributed by atoms with Gasteiger partial charge in [0.25, 0.3) is 5.56 Å². The molecule has 0 spiro atoms. The van der Waals surface area contributed by atoms with Crippen molar-refractivity contribution in [2.75, 3.05) is 6.61 Å². The molecule has 4 aromatic rings. The number of Topliss-reactive ketones (excluding diaryl/α,β-unsaturated/α-hetero) is 1. The minimum Gasteiger partial charge on any atom is -0.463 e. The monoisotopic (exact) mass is 554 g/mol. The van der Waals surface area contributed by atoms with Crippen LogP contribution < -0.4 is 14.9 Å². The summed E-state index contributed by atoms with van der Waals surface area (Å²) >= 11 is 1.25. The normalized spacial score (nSPS) is 15.2. The van der Waals surface area contributed by atoms with Gasteiger partial charge in [-0.3, -0.25) is 14.2 Å². The average Bonchev–Trinajstić information content (AvgIpc) is 3.52. The molecule has 2 aromatic heterocycles. The number of hydrogen-bond acceptors (Lipinski definition) is 7. The first kappa shape index (κ1) is 27.3. The second kappa shape index (κ2) is 11.1. The topological polar surface area (TPSA) is 90.9 Å². The van der Waals surface area contributed by atoms with Crippen molar-refractivity contribution in [2.24, 2.45) is 4.99 Å². The van der Waals surface area contributed by atoms with Gasteiger partial charge in [-0.15, -0.1) is 0 Å². The Kier molecular flexibility index (Phi) is 7.54. The molecule has 1 atom stereocenters. The largest absolute Gasteiger partial charge is 0.463 e. The van der Waals surface area contributed by atoms with Crippen molar-refractivity contribution in [3.05, 3.63) is 114 Å². The minimum atomic E-state index is -0.661. The molecule has 1 aliphatic rings. The van der Waals surface area contributed by atoms with E-state index in [1.807, 2.05) is 42.5 Å². The summed E-state index contributed by atoms with van der Waals surface area (Å²) in [4.78, 5) is 43.6. The van der Waals surface area contributed by atoms with Gasteiger partial charge in [-0.1, -0.05) is 73.7 Å². The molecule has 8 heteroatoms. The fourth-order valence-electron chi connectivity index (χ4n) is 4.75. The number of carbonyl (C=O) groups is 2. The summed E-state index contributed by atoms with van der Waals surface area (Å²) in [6.45, 7) is 9.51. The fourth-order valence-corrected chi connectivity index (χ4v) is 5.78. The molecule has 204 valence electrons. The number of fused-ring (bicyclic) bond motifs is 1. The van der Waals surface area contributed by atoms with Crippen LogP contribution in [-0.4, -0.2) is 22.9 Å². The SMILES string of the molecule is CCOC(=O)C1=C(C)N=c2s/c(=C\c3ccc(-c4ccc(C(C)=O)cc4)o3)c(=O)n2[C@@H]1c1ccc(C(C)C)cc1. The van der Waals surface area contributed by atoms with Gasteiger partial charge in [-0.05, 0) is 49.9 Å². The molecule has 0 saturated carbocycles. The lowest BCUT2D eigenvalue weighted by molar-refractivity contribution is -0.139. The zero-order valence-corrected chi connectivity index (χ0v) is 23.9. The highest BCUT2D eigenvalue weighted by molar-refractivity contribution is 7.07. The zero-order chi connectivity index (χ0) is 28.6. The van der Waals surface area contributed by atoms with E-state index in [0.29, 0.717) is 43.6 Å². The Morgan fingerprint density at radius 2 is 1.77 bits per heavy atom. The summed E-state index contributed by atoms with van der Waals surface area (Å²) in [5, 5.41) is 0. The second-order valence-corrected chi connectivity index (χ2v) is 11.0. The molecular weight excluding hydrogens is 524 g/mol. The third-order valence-corrected chi connectivity index (χ3v) is 7.89. The van der Waals surface area contributed by atoms with Gasteiger partial charge in [0.15, 0.2) is 10.6 Å². The Labute approximate surface area is 235 Å². The number of carbonyl (C=O) groups excluding carboxylic acids is 2. The predicted molar refractivity (Wildman–Crippen MR) is 155 cm³/mol. The summed E-state index contributed by atoms with van der Waals surface area (Å²) in [5.74, 6) is 0.996. The smallest absolute Gasteiger partial charge is 0.338 e. The molecule has 1 aliphatic heterocycles. The van der Waals surface area contributed by atoms with Crippen LogP contribution in [0.5, 0.6) is 0 Å². The van der Waals surface area contributed by atoms with Crippen molar-refractivity contribution in [2.45, 2.75) is 46.6 Å². The average molecular weight is 555 g/mol. The van der Waals surface area contributed by atoms with Crippen LogP contribution in [0.1, 0.15) is 73.8 Å². The standard InChI is InChI=1S/C32H30N2O5S/c1-6-38-31(37)28-19(4)33-32-34(29(28)24-13-7-21(8-14-24)18(2)3)30(36)27(40-32)17-25-15-16-26(39-25)23-11-9-22(10-12-23)20(5)35/h7-18,29H,6H2,1-5H3/b27-17-/t29-/m1/s1. The van der Waals surface area contributed by atoms with E-state index in [4.69, 9.17) is 9.15 Å². The van der Waals surface area contributed by atoms with E-state index in [-0.39, 0.29) is 17.9 Å². The van der Waals surface area contributed by atoms with Crippen LogP contribution in [0.3, 0.4) is 0 Å². The van der Waals surface area contributed by atoms with Gasteiger partial charge < -0.3 is 9.15 Å². The van der Waals surface area contributed by atoms with Gasteiger partial charge in [0.2, 0.25) is 0 Å². The van der Waals surface area contributed by atoms with Gasteiger partial charge in [0, 0.05) is 17.2 Å². The lowest BCUT2D eigenvalue weighted by Gasteiger charge is -2.25. The van der Waals surface area contributed by atoms with E-state index in [0.717, 1.165) is 11.1 Å². The molecule has 7 nitrogen and oxygen atoms in total. The van der Waals surface area contributed by atoms with Crippen LogP contribution in [0.25, 0.3) is 17.4 Å². The summed E-state index contributed by atoms with van der Waals surface area (Å²) < 4.78 is 13.4. The molecule has 3 heterocycles. The Morgan fingerprint density at radius 3 is 2.40 bits per heavy atom. The number of rotatable bonds is 7. The molecule has 40 heavy (non-hydrogen) atoms. The number of aromatic nitrogens is 1. The number of allylic oxidation sites excluding steroid dienone is 1. The molecule has 0 unspecified atom stereocenters. The van der Waals surface area contributed by atoms with Crippen LogP contribution in [0.4, 0.5) is 0 Å². The van der Waals surface area contributed by atoms with Crippen LogP contribution in [0.15, 0.2) is 86.1 Å². The van der Waals surface area contributed by atoms with Crippen molar-refractivity contribution in [3.8, 4) is 11.3 Å². The highest BCUT2D eigenvalue weighted by atomic mass is 32.1. The molecule has 2 aromatic carbocycles. The third kappa shape index (κ3) is 5.14. The molecule has 0 saturated heterocycles. The van der Waals surface area contributed by atoms with Gasteiger partial charge >= 0.3 is 5.97 Å². The quantitative estimate of drug-likeness (QED) is 0.226. The second-order valence-electron chi connectivity index (χ2n) is 9.96. The van der Waals surface area contributed by atoms with E-state index in [9.17, 15) is 14.4 Å². The molecular formula is C32H30N2O5S. The summed E-state index contributed by atoms with van der Waals surface area (Å²) in [7, 11) is 0. The lowest BCUT2D eigenvalue weighted by atomic mass is 9.93. The molecule has 5 rings (SSSR count). The van der Waals surface area contributed by atoms with Crippen LogP contribution in [-0.2, 0) is 9.53 Å². The number of ketones is 1. The Bertz CT molecular complexity index is 1800. The maximum Gasteiger partial charge on any atom is 0.338 e. The Morgan fingerprint density at radius 1 is 1.07 bits per heavy atom. The van der Waals surface area contributed by atoms with E-state index < -0.39 is 12.0 Å². The first-order valence-electron chi connectivity index (χ1n) is 13.2. The van der Waals surface area contributed by atoms with Crippen LogP contribution in [0, 0.1) is 0 Å². The minimum absolute atomic E-state index is 0.00224.